The van der Waals surface area contributed by atoms with Crippen LogP contribution in [0.1, 0.15) is 23.8 Å². The minimum atomic E-state index is -0.660. The monoisotopic (exact) mass is 278 g/mol. The average molecular weight is 278 g/mol. The zero-order chi connectivity index (χ0) is 14.7. The molecule has 2 aromatic rings. The van der Waals surface area contributed by atoms with Crippen LogP contribution in [0.3, 0.4) is 0 Å². The number of anilines is 1. The number of carbonyl (C=O) groups excluding carboxylic acids is 1. The Bertz CT molecular complexity index is 710. The number of aromatic amines is 1. The van der Waals surface area contributed by atoms with E-state index < -0.39 is 17.2 Å². The first-order valence-corrected chi connectivity index (χ1v) is 6.02. The lowest BCUT2D eigenvalue weighted by molar-refractivity contribution is 0.102. The van der Waals surface area contributed by atoms with E-state index in [9.17, 15) is 14.4 Å². The van der Waals surface area contributed by atoms with Crippen molar-refractivity contribution < 1.29 is 4.79 Å². The predicted molar refractivity (Wildman–Crippen MR) is 70.6 cm³/mol. The Morgan fingerprint density at radius 1 is 1.45 bits per heavy atom. The molecule has 9 nitrogen and oxygen atoms in total. The second kappa shape index (κ2) is 5.51. The number of nitrogens with one attached hydrogen (secondary N) is 2. The molecule has 0 aliphatic carbocycles. The molecule has 0 aromatic carbocycles. The van der Waals surface area contributed by atoms with Crippen LogP contribution in [0.15, 0.2) is 22.0 Å². The molecule has 0 saturated carbocycles. The summed E-state index contributed by atoms with van der Waals surface area (Å²) in [6.45, 7) is 2.68. The van der Waals surface area contributed by atoms with E-state index in [1.165, 1.54) is 13.4 Å². The number of aromatic nitrogens is 5. The number of hydrogen-bond acceptors (Lipinski definition) is 5. The molecule has 0 unspecified atom stereocenters. The van der Waals surface area contributed by atoms with Crippen LogP contribution in [0.5, 0.6) is 0 Å². The van der Waals surface area contributed by atoms with E-state index in [0.29, 0.717) is 6.54 Å². The van der Waals surface area contributed by atoms with Crippen molar-refractivity contribution in [1.29, 1.82) is 0 Å². The Morgan fingerprint density at radius 2 is 2.20 bits per heavy atom. The summed E-state index contributed by atoms with van der Waals surface area (Å²) in [6, 6.07) is 1.04. The van der Waals surface area contributed by atoms with Gasteiger partial charge in [-0.2, -0.15) is 0 Å². The smallest absolute Gasteiger partial charge is 0.302 e. The van der Waals surface area contributed by atoms with E-state index in [4.69, 9.17) is 0 Å². The van der Waals surface area contributed by atoms with Crippen LogP contribution in [-0.2, 0) is 13.6 Å². The maximum Gasteiger partial charge on any atom is 0.328 e. The van der Waals surface area contributed by atoms with Gasteiger partial charge in [0.2, 0.25) is 5.95 Å². The normalized spacial score (nSPS) is 10.5. The van der Waals surface area contributed by atoms with Crippen molar-refractivity contribution >= 4 is 11.9 Å². The van der Waals surface area contributed by atoms with Gasteiger partial charge in [-0.25, -0.2) is 9.78 Å². The van der Waals surface area contributed by atoms with Crippen molar-refractivity contribution in [1.82, 2.24) is 24.3 Å². The van der Waals surface area contributed by atoms with Gasteiger partial charge in [-0.3, -0.25) is 24.2 Å². The summed E-state index contributed by atoms with van der Waals surface area (Å²) in [6.07, 6.45) is 2.38. The molecule has 2 rings (SSSR count). The van der Waals surface area contributed by atoms with Gasteiger partial charge in [0.1, 0.15) is 12.0 Å². The molecular formula is C11H14N6O3. The third-order valence-corrected chi connectivity index (χ3v) is 2.60. The van der Waals surface area contributed by atoms with Crippen LogP contribution < -0.4 is 16.6 Å². The van der Waals surface area contributed by atoms with Crippen LogP contribution in [0.2, 0.25) is 0 Å². The maximum absolute atomic E-state index is 11.9. The third kappa shape index (κ3) is 2.82. The summed E-state index contributed by atoms with van der Waals surface area (Å²) in [5.74, 6) is -0.529. The van der Waals surface area contributed by atoms with Crippen LogP contribution in [-0.4, -0.2) is 30.2 Å². The standard InChI is InChI=1S/C11H14N6O3/c1-3-4-17-6-12-10(15-17)14-9(19)7-5-8(18)16(2)11(20)13-7/h5-6H,3-4H2,1-2H3,(H,13,20)(H,14,15,19). The topological polar surface area (TPSA) is 115 Å². The molecule has 0 radical (unpaired) electrons. The van der Waals surface area contributed by atoms with Crippen molar-refractivity contribution in [3.05, 3.63) is 38.9 Å². The highest BCUT2D eigenvalue weighted by atomic mass is 16.2. The van der Waals surface area contributed by atoms with Gasteiger partial charge in [0, 0.05) is 19.7 Å². The highest BCUT2D eigenvalue weighted by molar-refractivity contribution is 6.01. The van der Waals surface area contributed by atoms with Crippen LogP contribution >= 0.6 is 0 Å². The van der Waals surface area contributed by atoms with Gasteiger partial charge < -0.3 is 4.98 Å². The van der Waals surface area contributed by atoms with E-state index in [-0.39, 0.29) is 11.6 Å². The first kappa shape index (κ1) is 13.7. The van der Waals surface area contributed by atoms with Crippen LogP contribution in [0.4, 0.5) is 5.95 Å². The van der Waals surface area contributed by atoms with Crippen LogP contribution in [0, 0.1) is 0 Å². The second-order valence-corrected chi connectivity index (χ2v) is 4.17. The predicted octanol–water partition coefficient (Wildman–Crippen LogP) is -0.673. The molecule has 0 bridgehead atoms. The zero-order valence-corrected chi connectivity index (χ0v) is 11.1. The average Bonchev–Trinajstić information content (AvgIpc) is 2.83. The molecule has 0 atom stereocenters. The first-order valence-electron chi connectivity index (χ1n) is 6.02. The Balaban J connectivity index is 2.19. The van der Waals surface area contributed by atoms with Crippen molar-refractivity contribution in [2.24, 2.45) is 7.05 Å². The third-order valence-electron chi connectivity index (χ3n) is 2.60. The van der Waals surface area contributed by atoms with Gasteiger partial charge in [-0.1, -0.05) is 6.92 Å². The summed E-state index contributed by atoms with van der Waals surface area (Å²) in [4.78, 5) is 40.9. The molecule has 2 heterocycles. The summed E-state index contributed by atoms with van der Waals surface area (Å²) in [7, 11) is 1.32. The van der Waals surface area contributed by atoms with Gasteiger partial charge in [-0.15, -0.1) is 5.10 Å². The minimum Gasteiger partial charge on any atom is -0.302 e. The van der Waals surface area contributed by atoms with Crippen molar-refractivity contribution in [2.75, 3.05) is 5.32 Å². The molecular weight excluding hydrogens is 264 g/mol. The molecule has 0 saturated heterocycles. The molecule has 106 valence electrons. The Morgan fingerprint density at radius 3 is 2.85 bits per heavy atom. The number of amides is 1. The van der Waals surface area contributed by atoms with Crippen molar-refractivity contribution in [3.63, 3.8) is 0 Å². The molecule has 1 amide bonds. The fourth-order valence-corrected chi connectivity index (χ4v) is 1.54. The highest BCUT2D eigenvalue weighted by Gasteiger charge is 2.12. The van der Waals surface area contributed by atoms with Gasteiger partial charge >= 0.3 is 5.69 Å². The fraction of sp³-hybridized carbons (Fsp3) is 0.364. The molecule has 0 aliphatic rings. The number of rotatable bonds is 4. The number of aryl methyl sites for hydroxylation is 1. The number of hydrogen-bond donors (Lipinski definition) is 2. The summed E-state index contributed by atoms with van der Waals surface area (Å²) >= 11 is 0. The molecule has 20 heavy (non-hydrogen) atoms. The van der Waals surface area contributed by atoms with Crippen molar-refractivity contribution in [3.8, 4) is 0 Å². The molecule has 0 spiro atoms. The summed E-state index contributed by atoms with van der Waals surface area (Å²) in [5.41, 5.74) is -1.36. The number of carbonyl (C=O) groups is 1. The Hall–Kier alpha value is -2.71. The van der Waals surface area contributed by atoms with Crippen LogP contribution in [0.25, 0.3) is 0 Å². The van der Waals surface area contributed by atoms with Gasteiger partial charge in [0.25, 0.3) is 11.5 Å². The van der Waals surface area contributed by atoms with Gasteiger partial charge in [-0.05, 0) is 6.42 Å². The number of H-pyrrole nitrogens is 1. The second-order valence-electron chi connectivity index (χ2n) is 4.17. The molecule has 0 aliphatic heterocycles. The lowest BCUT2D eigenvalue weighted by Crippen LogP contribution is -2.34. The first-order chi connectivity index (χ1) is 9.51. The van der Waals surface area contributed by atoms with E-state index in [1.54, 1.807) is 4.68 Å². The molecule has 0 fully saturated rings. The lowest BCUT2D eigenvalue weighted by Gasteiger charge is -2.02. The van der Waals surface area contributed by atoms with E-state index in [1.807, 2.05) is 6.92 Å². The number of nitrogens with zero attached hydrogens (tertiary/aromatic N) is 4. The molecule has 2 N–H and O–H groups in total. The van der Waals surface area contributed by atoms with E-state index >= 15 is 0 Å². The Kier molecular flexibility index (Phi) is 3.78. The largest absolute Gasteiger partial charge is 0.328 e. The van der Waals surface area contributed by atoms with E-state index in [2.05, 4.69) is 20.4 Å². The van der Waals surface area contributed by atoms with Gasteiger partial charge in [0.05, 0.1) is 0 Å². The molecule has 2 aromatic heterocycles. The quantitative estimate of drug-likeness (QED) is 0.769. The SMILES string of the molecule is CCCn1cnc(NC(=O)c2cc(=O)n(C)c(=O)[nH]2)n1. The summed E-state index contributed by atoms with van der Waals surface area (Å²) < 4.78 is 2.45. The molecule has 9 heteroatoms. The Labute approximate surface area is 113 Å². The zero-order valence-electron chi connectivity index (χ0n) is 11.1. The highest BCUT2D eigenvalue weighted by Crippen LogP contribution is 2.00. The van der Waals surface area contributed by atoms with E-state index in [0.717, 1.165) is 17.1 Å². The lowest BCUT2D eigenvalue weighted by atomic mass is 10.4. The fourth-order valence-electron chi connectivity index (χ4n) is 1.54. The minimum absolute atomic E-state index is 0.116. The maximum atomic E-state index is 11.9. The van der Waals surface area contributed by atoms with Gasteiger partial charge in [0.15, 0.2) is 0 Å². The van der Waals surface area contributed by atoms with Crippen molar-refractivity contribution in [2.45, 2.75) is 19.9 Å². The summed E-state index contributed by atoms with van der Waals surface area (Å²) in [5, 5.41) is 6.44.